The van der Waals surface area contributed by atoms with Crippen molar-refractivity contribution in [3.63, 3.8) is 0 Å². The molecule has 0 radical (unpaired) electrons. The highest BCUT2D eigenvalue weighted by molar-refractivity contribution is 6.05. The zero-order valence-electron chi connectivity index (χ0n) is 16.8. The Morgan fingerprint density at radius 2 is 1.61 bits per heavy atom. The van der Waals surface area contributed by atoms with E-state index in [2.05, 4.69) is 0 Å². The van der Waals surface area contributed by atoms with Crippen molar-refractivity contribution in [1.29, 1.82) is 0 Å². The monoisotopic (exact) mass is 439 g/mol. The molecule has 31 heavy (non-hydrogen) atoms. The number of alkyl halides is 4. The Bertz CT molecular complexity index is 931. The van der Waals surface area contributed by atoms with Crippen molar-refractivity contribution in [2.45, 2.75) is 37.0 Å². The third kappa shape index (κ3) is 4.35. The Balaban J connectivity index is 2.10. The lowest BCUT2D eigenvalue weighted by Crippen LogP contribution is -2.44. The van der Waals surface area contributed by atoms with Crippen LogP contribution in [-0.4, -0.2) is 50.8 Å². The van der Waals surface area contributed by atoms with Crippen LogP contribution in [0.3, 0.4) is 0 Å². The molecule has 0 bridgehead atoms. The van der Waals surface area contributed by atoms with Gasteiger partial charge in [-0.2, -0.15) is 0 Å². The minimum absolute atomic E-state index is 0.0249. The van der Waals surface area contributed by atoms with E-state index >= 15 is 0 Å². The molecule has 9 heteroatoms. The van der Waals surface area contributed by atoms with Crippen molar-refractivity contribution >= 4 is 17.6 Å². The van der Waals surface area contributed by atoms with Crippen LogP contribution in [0, 0.1) is 0 Å². The lowest BCUT2D eigenvalue weighted by atomic mass is 9.79. The van der Waals surface area contributed by atoms with Crippen molar-refractivity contribution in [2.24, 2.45) is 0 Å². The highest BCUT2D eigenvalue weighted by atomic mass is 19.2. The van der Waals surface area contributed by atoms with Gasteiger partial charge >= 0.3 is 11.9 Å². The van der Waals surface area contributed by atoms with Gasteiger partial charge in [-0.05, 0) is 29.8 Å². The molecule has 4 atom stereocenters. The third-order valence-corrected chi connectivity index (χ3v) is 5.25. The van der Waals surface area contributed by atoms with Crippen LogP contribution >= 0.6 is 0 Å². The lowest BCUT2D eigenvalue weighted by molar-refractivity contribution is -0.139. The van der Waals surface area contributed by atoms with Gasteiger partial charge in [-0.3, -0.25) is 0 Å². The fourth-order valence-electron chi connectivity index (χ4n) is 3.72. The van der Waals surface area contributed by atoms with E-state index in [1.165, 1.54) is 53.6 Å². The number of rotatable bonds is 4. The summed E-state index contributed by atoms with van der Waals surface area (Å²) in [6.45, 7) is 0. The van der Waals surface area contributed by atoms with Crippen LogP contribution in [-0.2, 0) is 19.1 Å². The second kappa shape index (κ2) is 9.36. The second-order valence-corrected chi connectivity index (χ2v) is 7.09. The molecular formula is C22H21F4NO4. The Morgan fingerprint density at radius 3 is 2.23 bits per heavy atom. The number of benzene rings is 1. The average Bonchev–Trinajstić information content (AvgIpc) is 3.00. The minimum Gasteiger partial charge on any atom is -0.465 e. The van der Waals surface area contributed by atoms with Gasteiger partial charge in [-0.1, -0.05) is 18.2 Å². The molecule has 0 aromatic heterocycles. The number of anilines is 1. The molecule has 1 aliphatic carbocycles. The van der Waals surface area contributed by atoms with Crippen molar-refractivity contribution in [3.05, 3.63) is 65.5 Å². The number of methoxy groups -OCH3 is 2. The molecule has 2 aliphatic rings. The van der Waals surface area contributed by atoms with E-state index in [0.29, 0.717) is 0 Å². The number of esters is 2. The lowest BCUT2D eigenvalue weighted by Gasteiger charge is -2.35. The summed E-state index contributed by atoms with van der Waals surface area (Å²) in [5.41, 5.74) is -0.0470. The van der Waals surface area contributed by atoms with Gasteiger partial charge < -0.3 is 14.4 Å². The van der Waals surface area contributed by atoms with Gasteiger partial charge in [0.05, 0.1) is 25.7 Å². The molecule has 4 unspecified atom stereocenters. The summed E-state index contributed by atoms with van der Waals surface area (Å²) in [5, 5.41) is 0. The number of nitrogens with zero attached hydrogens (tertiary/aromatic N) is 1. The van der Waals surface area contributed by atoms with Crippen molar-refractivity contribution in [1.82, 2.24) is 0 Å². The van der Waals surface area contributed by atoms with E-state index < -0.39 is 49.0 Å². The van der Waals surface area contributed by atoms with Crippen LogP contribution < -0.4 is 4.90 Å². The largest absolute Gasteiger partial charge is 0.465 e. The summed E-state index contributed by atoms with van der Waals surface area (Å²) in [6.07, 6.45) is -3.72. The van der Waals surface area contributed by atoms with Crippen molar-refractivity contribution < 1.29 is 36.6 Å². The fraction of sp³-hybridized carbons (Fsp3) is 0.364. The van der Waals surface area contributed by atoms with Crippen LogP contribution in [0.5, 0.6) is 0 Å². The number of carbonyl (C=O) groups excluding carboxylic acids is 2. The predicted molar refractivity (Wildman–Crippen MR) is 105 cm³/mol. The molecule has 0 saturated heterocycles. The quantitative estimate of drug-likeness (QED) is 0.524. The van der Waals surface area contributed by atoms with E-state index in [0.717, 1.165) is 14.2 Å². The zero-order valence-corrected chi connectivity index (χ0v) is 16.8. The van der Waals surface area contributed by atoms with Crippen LogP contribution in [0.15, 0.2) is 60.0 Å². The Hall–Kier alpha value is -3.10. The number of ether oxygens (including phenoxy) is 2. The first-order valence-corrected chi connectivity index (χ1v) is 9.51. The van der Waals surface area contributed by atoms with Gasteiger partial charge in [-0.25, -0.2) is 27.2 Å². The number of carbonyl (C=O) groups is 2. The first-order chi connectivity index (χ1) is 14.8. The first kappa shape index (κ1) is 22.6. The van der Waals surface area contributed by atoms with E-state index in [-0.39, 0.29) is 22.5 Å². The van der Waals surface area contributed by atoms with Gasteiger partial charge in [0.1, 0.15) is 30.4 Å². The highest BCUT2D eigenvalue weighted by Gasteiger charge is 2.47. The van der Waals surface area contributed by atoms with E-state index in [9.17, 15) is 27.2 Å². The Kier molecular flexibility index (Phi) is 6.82. The summed E-state index contributed by atoms with van der Waals surface area (Å²) in [5.74, 6) is -3.32. The molecule has 1 heterocycles. The predicted octanol–water partition coefficient (Wildman–Crippen LogP) is 4.02. The minimum atomic E-state index is -2.22. The second-order valence-electron chi connectivity index (χ2n) is 7.09. The van der Waals surface area contributed by atoms with Crippen LogP contribution in [0.25, 0.3) is 0 Å². The summed E-state index contributed by atoms with van der Waals surface area (Å²) >= 11 is 0. The van der Waals surface area contributed by atoms with Gasteiger partial charge in [0.15, 0.2) is 0 Å². The average molecular weight is 439 g/mol. The van der Waals surface area contributed by atoms with Gasteiger partial charge in [-0.15, -0.1) is 0 Å². The molecule has 0 amide bonds. The molecule has 1 aromatic carbocycles. The normalized spacial score (nSPS) is 28.3. The molecule has 166 valence electrons. The first-order valence-electron chi connectivity index (χ1n) is 9.51. The van der Waals surface area contributed by atoms with E-state index in [1.54, 1.807) is 0 Å². The number of hydrogen-bond donors (Lipinski definition) is 0. The molecule has 3 rings (SSSR count). The van der Waals surface area contributed by atoms with Crippen LogP contribution in [0.2, 0.25) is 0 Å². The molecule has 0 spiro atoms. The van der Waals surface area contributed by atoms with E-state index in [1.807, 2.05) is 0 Å². The number of hydrogen-bond acceptors (Lipinski definition) is 5. The smallest absolute Gasteiger partial charge is 0.355 e. The fourth-order valence-corrected chi connectivity index (χ4v) is 3.72. The van der Waals surface area contributed by atoms with E-state index in [4.69, 9.17) is 9.47 Å². The molecular weight excluding hydrogens is 418 g/mol. The molecule has 0 N–H and O–H groups in total. The molecule has 1 fully saturated rings. The number of halogens is 4. The van der Waals surface area contributed by atoms with Crippen LogP contribution in [0.4, 0.5) is 23.2 Å². The summed E-state index contributed by atoms with van der Waals surface area (Å²) < 4.78 is 66.3. The van der Waals surface area contributed by atoms with Crippen molar-refractivity contribution in [3.8, 4) is 0 Å². The topological polar surface area (TPSA) is 55.8 Å². The SMILES string of the molecule is COC(=O)C1=C(C(=O)OC)N(c2cccc(C3C(F)C(F)CC(F)C3F)c2)C=CC=C1. The molecule has 1 saturated carbocycles. The Labute approximate surface area is 176 Å². The maximum atomic E-state index is 14.5. The van der Waals surface area contributed by atoms with Gasteiger partial charge in [0, 0.05) is 18.3 Å². The van der Waals surface area contributed by atoms with Crippen molar-refractivity contribution in [2.75, 3.05) is 19.1 Å². The maximum Gasteiger partial charge on any atom is 0.355 e. The molecule has 1 aromatic rings. The Morgan fingerprint density at radius 1 is 0.968 bits per heavy atom. The highest BCUT2D eigenvalue weighted by Crippen LogP contribution is 2.41. The van der Waals surface area contributed by atoms with Gasteiger partial charge in [0.2, 0.25) is 0 Å². The number of allylic oxidation sites excluding steroid dienone is 2. The zero-order chi connectivity index (χ0) is 22.7. The van der Waals surface area contributed by atoms with Gasteiger partial charge in [0.25, 0.3) is 0 Å². The summed E-state index contributed by atoms with van der Waals surface area (Å²) in [4.78, 5) is 26.0. The van der Waals surface area contributed by atoms with Crippen LogP contribution in [0.1, 0.15) is 17.9 Å². The maximum absolute atomic E-state index is 14.5. The molecule has 1 aliphatic heterocycles. The molecule has 5 nitrogen and oxygen atoms in total. The summed E-state index contributed by atoms with van der Waals surface area (Å²) in [6, 6.07) is 5.64. The third-order valence-electron chi connectivity index (χ3n) is 5.25. The standard InChI is InChI=1S/C22H21F4NO4/c1-30-21(28)14-8-3-4-9-27(20(14)22(29)31-2)13-7-5-6-12(10-13)17-18(25)15(23)11-16(24)19(17)26/h3-10,15-19H,11H2,1-2H3. The summed E-state index contributed by atoms with van der Waals surface area (Å²) in [7, 11) is 2.28.